The minimum atomic E-state index is 0.704. The van der Waals surface area contributed by atoms with Crippen molar-refractivity contribution in [2.45, 2.75) is 13.3 Å². The van der Waals surface area contributed by atoms with Crippen LogP contribution in [0.25, 0.3) is 0 Å². The molecular weight excluding hydrogens is 108 g/mol. The summed E-state index contributed by atoms with van der Waals surface area (Å²) in [4.78, 5) is 3.57. The summed E-state index contributed by atoms with van der Waals surface area (Å²) in [5.74, 6) is 0. The zero-order valence-corrected chi connectivity index (χ0v) is 5.07. The Morgan fingerprint density at radius 2 is 2.57 bits per heavy atom. The lowest BCUT2D eigenvalue weighted by Crippen LogP contribution is -1.80. The minimum Gasteiger partial charge on any atom is -0.289 e. The van der Waals surface area contributed by atoms with Crippen LogP contribution in [-0.2, 0) is 0 Å². The van der Waals surface area contributed by atoms with E-state index in [9.17, 15) is 0 Å². The fourth-order valence-electron chi connectivity index (χ4n) is 0.166. The van der Waals surface area contributed by atoms with E-state index in [1.807, 2.05) is 6.92 Å². The molecule has 0 radical (unpaired) electrons. The Kier molecular flexibility index (Phi) is 3.69. The molecule has 3 heteroatoms. The first kappa shape index (κ1) is 6.69. The second-order valence-corrected chi connectivity index (χ2v) is 1.54. The summed E-state index contributed by atoms with van der Waals surface area (Å²) in [6.07, 6.45) is 1.80. The quantitative estimate of drug-likeness (QED) is 0.310. The van der Waals surface area contributed by atoms with Crippen LogP contribution in [0, 0.1) is 5.41 Å². The summed E-state index contributed by atoms with van der Waals surface area (Å²) in [5, 5.41) is 7.18. The molecule has 0 aromatic heterocycles. The Labute approximate surface area is 48.6 Å². The maximum atomic E-state index is 6.48. The molecule has 2 nitrogen and oxygen atoms in total. The van der Waals surface area contributed by atoms with Crippen LogP contribution >= 0.6 is 12.6 Å². The predicted octanol–water partition coefficient (Wildman–Crippen LogP) is 1.33. The highest BCUT2D eigenvalue weighted by Gasteiger charge is 1.78. The summed E-state index contributed by atoms with van der Waals surface area (Å²) < 4.78 is 0. The van der Waals surface area contributed by atoms with Gasteiger partial charge in [0.1, 0.15) is 6.34 Å². The van der Waals surface area contributed by atoms with Crippen LogP contribution in [-0.4, -0.2) is 11.4 Å². The molecule has 0 amide bonds. The van der Waals surface area contributed by atoms with E-state index in [1.165, 1.54) is 0 Å². The van der Waals surface area contributed by atoms with Crippen LogP contribution in [0.4, 0.5) is 0 Å². The van der Waals surface area contributed by atoms with Crippen molar-refractivity contribution in [2.24, 2.45) is 4.99 Å². The van der Waals surface area contributed by atoms with Crippen molar-refractivity contribution in [3.63, 3.8) is 0 Å². The highest BCUT2D eigenvalue weighted by Crippen LogP contribution is 1.87. The van der Waals surface area contributed by atoms with Crippen molar-refractivity contribution < 1.29 is 0 Å². The summed E-state index contributed by atoms with van der Waals surface area (Å²) in [6, 6.07) is 0. The van der Waals surface area contributed by atoms with Gasteiger partial charge in [0, 0.05) is 0 Å². The first-order valence-corrected chi connectivity index (χ1v) is 2.50. The Morgan fingerprint density at radius 3 is 2.71 bits per heavy atom. The maximum absolute atomic E-state index is 6.48. The van der Waals surface area contributed by atoms with Gasteiger partial charge in [-0.2, -0.15) is 0 Å². The van der Waals surface area contributed by atoms with Gasteiger partial charge < -0.3 is 0 Å². The molecule has 40 valence electrons. The number of rotatable bonds is 2. The zero-order valence-electron chi connectivity index (χ0n) is 4.18. The average Bonchev–Trinajstić information content (AvgIpc) is 1.68. The topological polar surface area (TPSA) is 36.2 Å². The molecule has 0 saturated heterocycles. The Bertz CT molecular complexity index is 87.7. The standard InChI is InChI=1S/C4H8N2S/c1-2-4(7)6-3-5/h3H,2H2,1H3,(H2,5,6,7). The molecule has 0 aromatic carbocycles. The Morgan fingerprint density at radius 1 is 2.00 bits per heavy atom. The van der Waals surface area contributed by atoms with Gasteiger partial charge in [-0.1, -0.05) is 6.92 Å². The van der Waals surface area contributed by atoms with Crippen molar-refractivity contribution in [2.75, 3.05) is 0 Å². The molecule has 0 saturated carbocycles. The Balaban J connectivity index is 3.49. The highest BCUT2D eigenvalue weighted by molar-refractivity contribution is 7.97. The van der Waals surface area contributed by atoms with Crippen LogP contribution < -0.4 is 0 Å². The van der Waals surface area contributed by atoms with E-state index in [4.69, 9.17) is 5.41 Å². The Hall–Kier alpha value is -0.310. The molecule has 7 heavy (non-hydrogen) atoms. The maximum Gasteiger partial charge on any atom is 0.107 e. The van der Waals surface area contributed by atoms with Gasteiger partial charge in [0.15, 0.2) is 0 Å². The summed E-state index contributed by atoms with van der Waals surface area (Å²) in [5.41, 5.74) is 0. The molecule has 0 aliphatic carbocycles. The van der Waals surface area contributed by atoms with Gasteiger partial charge in [-0.25, -0.2) is 4.99 Å². The normalized spacial score (nSPS) is 11.4. The van der Waals surface area contributed by atoms with E-state index in [2.05, 4.69) is 17.6 Å². The van der Waals surface area contributed by atoms with Crippen LogP contribution in [0.5, 0.6) is 0 Å². The molecule has 0 aliphatic heterocycles. The van der Waals surface area contributed by atoms with E-state index in [0.717, 1.165) is 12.8 Å². The third kappa shape index (κ3) is 3.52. The third-order valence-electron chi connectivity index (χ3n) is 0.530. The van der Waals surface area contributed by atoms with Crippen LogP contribution in [0.1, 0.15) is 13.3 Å². The van der Waals surface area contributed by atoms with E-state index < -0.39 is 0 Å². The molecule has 0 rings (SSSR count). The van der Waals surface area contributed by atoms with Gasteiger partial charge in [0.05, 0.1) is 5.04 Å². The average molecular weight is 116 g/mol. The highest BCUT2D eigenvalue weighted by atomic mass is 32.1. The van der Waals surface area contributed by atoms with Crippen molar-refractivity contribution in [3.8, 4) is 0 Å². The van der Waals surface area contributed by atoms with Crippen molar-refractivity contribution in [1.82, 2.24) is 0 Å². The molecule has 0 heterocycles. The molecular formula is C4H8N2S. The second-order valence-electron chi connectivity index (χ2n) is 1.03. The zero-order chi connectivity index (χ0) is 5.70. The summed E-state index contributed by atoms with van der Waals surface area (Å²) in [7, 11) is 0. The number of hydrogen-bond acceptors (Lipinski definition) is 1. The molecule has 0 aliphatic rings. The molecule has 0 aromatic rings. The first-order valence-electron chi connectivity index (χ1n) is 2.05. The van der Waals surface area contributed by atoms with Crippen LogP contribution in [0.3, 0.4) is 0 Å². The van der Waals surface area contributed by atoms with Crippen LogP contribution in [0.15, 0.2) is 4.99 Å². The fraction of sp³-hybridized carbons (Fsp3) is 0.500. The SMILES string of the molecule is CC/C(S)=N/C=N. The smallest absolute Gasteiger partial charge is 0.107 e. The van der Waals surface area contributed by atoms with Crippen molar-refractivity contribution in [1.29, 1.82) is 5.41 Å². The van der Waals surface area contributed by atoms with E-state index >= 15 is 0 Å². The van der Waals surface area contributed by atoms with Crippen molar-refractivity contribution in [3.05, 3.63) is 0 Å². The lowest BCUT2D eigenvalue weighted by molar-refractivity contribution is 1.31. The number of thiol groups is 1. The summed E-state index contributed by atoms with van der Waals surface area (Å²) >= 11 is 3.91. The largest absolute Gasteiger partial charge is 0.289 e. The van der Waals surface area contributed by atoms with E-state index in [1.54, 1.807) is 0 Å². The molecule has 1 N–H and O–H groups in total. The second kappa shape index (κ2) is 3.87. The number of nitrogens with one attached hydrogen (secondary N) is 1. The predicted molar refractivity (Wildman–Crippen MR) is 35.5 cm³/mol. The lowest BCUT2D eigenvalue weighted by atomic mass is 10.5. The van der Waals surface area contributed by atoms with Gasteiger partial charge in [0.2, 0.25) is 0 Å². The van der Waals surface area contributed by atoms with Gasteiger partial charge in [0.25, 0.3) is 0 Å². The monoisotopic (exact) mass is 116 g/mol. The van der Waals surface area contributed by atoms with Crippen LogP contribution in [0.2, 0.25) is 0 Å². The van der Waals surface area contributed by atoms with Gasteiger partial charge >= 0.3 is 0 Å². The van der Waals surface area contributed by atoms with Gasteiger partial charge in [-0.05, 0) is 6.42 Å². The number of hydrogen-bond donors (Lipinski definition) is 2. The lowest BCUT2D eigenvalue weighted by Gasteiger charge is -1.83. The van der Waals surface area contributed by atoms with E-state index in [0.29, 0.717) is 5.04 Å². The van der Waals surface area contributed by atoms with Crippen molar-refractivity contribution >= 4 is 24.0 Å². The third-order valence-corrected chi connectivity index (χ3v) is 0.961. The number of aliphatic imine (C=N–C) groups is 1. The first-order chi connectivity index (χ1) is 3.31. The molecule has 0 fully saturated rings. The summed E-state index contributed by atoms with van der Waals surface area (Å²) in [6.45, 7) is 1.94. The molecule has 0 bridgehead atoms. The fourth-order valence-corrected chi connectivity index (χ4v) is 0.224. The molecule has 0 spiro atoms. The molecule has 0 unspecified atom stereocenters. The van der Waals surface area contributed by atoms with Gasteiger partial charge in [-0.15, -0.1) is 12.6 Å². The van der Waals surface area contributed by atoms with Gasteiger partial charge in [-0.3, -0.25) is 5.41 Å². The number of nitrogens with zero attached hydrogens (tertiary/aromatic N) is 1. The molecule has 0 atom stereocenters. The van der Waals surface area contributed by atoms with E-state index in [-0.39, 0.29) is 0 Å². The minimum absolute atomic E-state index is 0.704.